The van der Waals surface area contributed by atoms with Crippen molar-refractivity contribution in [1.82, 2.24) is 14.9 Å². The van der Waals surface area contributed by atoms with E-state index in [1.807, 2.05) is 0 Å². The van der Waals surface area contributed by atoms with Crippen LogP contribution in [0.15, 0.2) is 40.0 Å². The number of nitrogens with zero attached hydrogens (tertiary/aromatic N) is 2. The average molecular weight is 282 g/mol. The van der Waals surface area contributed by atoms with Crippen LogP contribution in [-0.4, -0.2) is 25.1 Å². The normalized spacial score (nSPS) is 11.6. The number of hydrogen-bond acceptors (Lipinski definition) is 6. The standard InChI is InChI=1S/C11H14N4O3S/c12-7-9-3-1-2-4-10(9)19(16,17)15-6-5-11-13-8-14-18-11/h1-4,8,15H,5-7,12H2. The Morgan fingerprint density at radius 1 is 1.32 bits per heavy atom. The van der Waals surface area contributed by atoms with E-state index in [-0.39, 0.29) is 18.0 Å². The zero-order chi connectivity index (χ0) is 13.7. The predicted molar refractivity (Wildman–Crippen MR) is 67.5 cm³/mol. The lowest BCUT2D eigenvalue weighted by molar-refractivity contribution is 0.377. The van der Waals surface area contributed by atoms with Gasteiger partial charge in [-0.15, -0.1) is 0 Å². The van der Waals surface area contributed by atoms with Gasteiger partial charge in [0.25, 0.3) is 0 Å². The Kier molecular flexibility index (Phi) is 4.25. The van der Waals surface area contributed by atoms with Crippen LogP contribution >= 0.6 is 0 Å². The Balaban J connectivity index is 2.05. The molecule has 0 amide bonds. The first-order chi connectivity index (χ1) is 9.13. The molecule has 0 saturated heterocycles. The second-order valence-electron chi connectivity index (χ2n) is 3.79. The van der Waals surface area contributed by atoms with E-state index >= 15 is 0 Å². The van der Waals surface area contributed by atoms with Crippen molar-refractivity contribution in [3.8, 4) is 0 Å². The van der Waals surface area contributed by atoms with Crippen molar-refractivity contribution < 1.29 is 12.9 Å². The van der Waals surface area contributed by atoms with Gasteiger partial charge in [-0.2, -0.15) is 4.98 Å². The van der Waals surface area contributed by atoms with E-state index in [1.165, 1.54) is 12.4 Å². The van der Waals surface area contributed by atoms with E-state index in [0.717, 1.165) is 0 Å². The van der Waals surface area contributed by atoms with Crippen molar-refractivity contribution in [2.24, 2.45) is 5.73 Å². The smallest absolute Gasteiger partial charge is 0.240 e. The van der Waals surface area contributed by atoms with Crippen LogP contribution in [0.5, 0.6) is 0 Å². The van der Waals surface area contributed by atoms with Gasteiger partial charge in [0.05, 0.1) is 4.90 Å². The van der Waals surface area contributed by atoms with Gasteiger partial charge in [0, 0.05) is 19.5 Å². The van der Waals surface area contributed by atoms with Gasteiger partial charge in [0.2, 0.25) is 15.9 Å². The molecule has 1 heterocycles. The lowest BCUT2D eigenvalue weighted by Crippen LogP contribution is -2.27. The summed E-state index contributed by atoms with van der Waals surface area (Å²) < 4.78 is 31.5. The van der Waals surface area contributed by atoms with E-state index in [4.69, 9.17) is 10.3 Å². The SMILES string of the molecule is NCc1ccccc1S(=O)(=O)NCCc1ncno1. The van der Waals surface area contributed by atoms with Gasteiger partial charge < -0.3 is 10.3 Å². The summed E-state index contributed by atoms with van der Waals surface area (Å²) in [5.41, 5.74) is 6.10. The highest BCUT2D eigenvalue weighted by Crippen LogP contribution is 2.14. The quantitative estimate of drug-likeness (QED) is 0.774. The van der Waals surface area contributed by atoms with Gasteiger partial charge in [-0.3, -0.25) is 0 Å². The molecular formula is C11H14N4O3S. The minimum Gasteiger partial charge on any atom is -0.340 e. The summed E-state index contributed by atoms with van der Waals surface area (Å²) in [5.74, 6) is 0.384. The van der Waals surface area contributed by atoms with E-state index in [0.29, 0.717) is 17.9 Å². The van der Waals surface area contributed by atoms with Crippen LogP contribution in [0, 0.1) is 0 Å². The Morgan fingerprint density at radius 3 is 2.79 bits per heavy atom. The summed E-state index contributed by atoms with van der Waals surface area (Å²) in [7, 11) is -3.58. The van der Waals surface area contributed by atoms with Gasteiger partial charge >= 0.3 is 0 Å². The maximum Gasteiger partial charge on any atom is 0.240 e. The molecule has 0 fully saturated rings. The molecule has 0 radical (unpaired) electrons. The first kappa shape index (κ1) is 13.7. The summed E-state index contributed by atoms with van der Waals surface area (Å²) >= 11 is 0. The van der Waals surface area contributed by atoms with Crippen LogP contribution in [0.25, 0.3) is 0 Å². The third kappa shape index (κ3) is 3.37. The number of nitrogens with two attached hydrogens (primary N) is 1. The van der Waals surface area contributed by atoms with Gasteiger partial charge in [0.1, 0.15) is 0 Å². The van der Waals surface area contributed by atoms with Crippen LogP contribution in [0.4, 0.5) is 0 Å². The molecule has 8 heteroatoms. The lowest BCUT2D eigenvalue weighted by atomic mass is 10.2. The van der Waals surface area contributed by atoms with E-state index in [1.54, 1.807) is 18.2 Å². The molecule has 102 valence electrons. The monoisotopic (exact) mass is 282 g/mol. The minimum atomic E-state index is -3.58. The van der Waals surface area contributed by atoms with Crippen molar-refractivity contribution >= 4 is 10.0 Å². The summed E-state index contributed by atoms with van der Waals surface area (Å²) in [6.45, 7) is 0.351. The molecule has 2 rings (SSSR count). The molecule has 0 bridgehead atoms. The number of benzene rings is 1. The van der Waals surface area contributed by atoms with E-state index < -0.39 is 10.0 Å². The van der Waals surface area contributed by atoms with Crippen LogP contribution in [0.2, 0.25) is 0 Å². The second-order valence-corrected chi connectivity index (χ2v) is 5.53. The van der Waals surface area contributed by atoms with Gasteiger partial charge in [-0.05, 0) is 11.6 Å². The number of rotatable bonds is 6. The topological polar surface area (TPSA) is 111 Å². The predicted octanol–water partition coefficient (Wildman–Crippen LogP) is 0.0493. The maximum absolute atomic E-state index is 12.1. The number of hydrogen-bond donors (Lipinski definition) is 2. The fourth-order valence-corrected chi connectivity index (χ4v) is 2.89. The molecule has 19 heavy (non-hydrogen) atoms. The second kappa shape index (κ2) is 5.91. The highest BCUT2D eigenvalue weighted by molar-refractivity contribution is 7.89. The van der Waals surface area contributed by atoms with Crippen molar-refractivity contribution in [3.05, 3.63) is 42.0 Å². The third-order valence-electron chi connectivity index (χ3n) is 2.52. The molecular weight excluding hydrogens is 268 g/mol. The van der Waals surface area contributed by atoms with Crippen molar-refractivity contribution in [1.29, 1.82) is 0 Å². The lowest BCUT2D eigenvalue weighted by Gasteiger charge is -2.09. The summed E-state index contributed by atoms with van der Waals surface area (Å²) in [4.78, 5) is 4.01. The molecule has 7 nitrogen and oxygen atoms in total. The molecule has 1 aromatic carbocycles. The summed E-state index contributed by atoms with van der Waals surface area (Å²) in [5, 5.41) is 3.44. The number of aromatic nitrogens is 2. The Hall–Kier alpha value is -1.77. The maximum atomic E-state index is 12.1. The molecule has 0 aliphatic carbocycles. The van der Waals surface area contributed by atoms with Crippen LogP contribution in [0.1, 0.15) is 11.5 Å². The molecule has 1 aromatic heterocycles. The first-order valence-electron chi connectivity index (χ1n) is 5.66. The number of sulfonamides is 1. The van der Waals surface area contributed by atoms with Crippen LogP contribution in [-0.2, 0) is 23.0 Å². The third-order valence-corrected chi connectivity index (χ3v) is 4.08. The van der Waals surface area contributed by atoms with Gasteiger partial charge in [-0.25, -0.2) is 13.1 Å². The highest BCUT2D eigenvalue weighted by Gasteiger charge is 2.17. The highest BCUT2D eigenvalue weighted by atomic mass is 32.2. The van der Waals surface area contributed by atoms with E-state index in [9.17, 15) is 8.42 Å². The van der Waals surface area contributed by atoms with Crippen molar-refractivity contribution in [2.75, 3.05) is 6.54 Å². The zero-order valence-corrected chi connectivity index (χ0v) is 10.9. The molecule has 0 atom stereocenters. The fourth-order valence-electron chi connectivity index (χ4n) is 1.61. The Morgan fingerprint density at radius 2 is 2.11 bits per heavy atom. The van der Waals surface area contributed by atoms with E-state index in [2.05, 4.69) is 14.9 Å². The molecule has 0 saturated carbocycles. The largest absolute Gasteiger partial charge is 0.340 e. The number of nitrogens with one attached hydrogen (secondary N) is 1. The molecule has 0 unspecified atom stereocenters. The van der Waals surface area contributed by atoms with Crippen molar-refractivity contribution in [2.45, 2.75) is 17.9 Å². The fraction of sp³-hybridized carbons (Fsp3) is 0.273. The molecule has 0 spiro atoms. The van der Waals surface area contributed by atoms with Crippen molar-refractivity contribution in [3.63, 3.8) is 0 Å². The molecule has 0 aliphatic rings. The summed E-state index contributed by atoms with van der Waals surface area (Å²) in [6.07, 6.45) is 1.61. The minimum absolute atomic E-state index is 0.167. The van der Waals surface area contributed by atoms with Gasteiger partial charge in [0.15, 0.2) is 6.33 Å². The van der Waals surface area contributed by atoms with Crippen LogP contribution < -0.4 is 10.5 Å². The zero-order valence-electron chi connectivity index (χ0n) is 10.1. The first-order valence-corrected chi connectivity index (χ1v) is 7.15. The van der Waals surface area contributed by atoms with Gasteiger partial charge in [-0.1, -0.05) is 23.4 Å². The van der Waals surface area contributed by atoms with Crippen LogP contribution in [0.3, 0.4) is 0 Å². The Labute approximate surface area is 110 Å². The average Bonchev–Trinajstić information content (AvgIpc) is 2.91. The summed E-state index contributed by atoms with van der Waals surface area (Å²) in [6, 6.07) is 6.62. The Bertz CT molecular complexity index is 625. The molecule has 3 N–H and O–H groups in total. The molecule has 0 aliphatic heterocycles. The molecule has 2 aromatic rings.